The maximum atomic E-state index is 12.7. The largest absolute Gasteiger partial charge is 0.358 e. The van der Waals surface area contributed by atoms with Crippen LogP contribution < -0.4 is 0 Å². The molecule has 0 atom stereocenters. The van der Waals surface area contributed by atoms with Gasteiger partial charge in [-0.3, -0.25) is 4.79 Å². The Morgan fingerprint density at radius 1 is 1.09 bits per heavy atom. The van der Waals surface area contributed by atoms with Crippen molar-refractivity contribution in [1.82, 2.24) is 9.88 Å². The molecule has 0 aliphatic carbocycles. The number of fused-ring (bicyclic) bond motifs is 1. The van der Waals surface area contributed by atoms with Crippen LogP contribution >= 0.6 is 0 Å². The van der Waals surface area contributed by atoms with Crippen molar-refractivity contribution in [3.05, 3.63) is 35.5 Å². The molecule has 1 amide bonds. The number of rotatable bonds is 8. The Morgan fingerprint density at radius 3 is 2.36 bits per heavy atom. The van der Waals surface area contributed by atoms with Crippen molar-refractivity contribution in [3.63, 3.8) is 0 Å². The highest BCUT2D eigenvalue weighted by Crippen LogP contribution is 2.23. The molecule has 0 radical (unpaired) electrons. The lowest BCUT2D eigenvalue weighted by molar-refractivity contribution is -0.130. The molecule has 1 heterocycles. The minimum absolute atomic E-state index is 0.259. The lowest BCUT2D eigenvalue weighted by Gasteiger charge is -2.22. The topological polar surface area (TPSA) is 36.1 Å². The molecule has 0 aliphatic rings. The number of aromatic nitrogens is 1. The van der Waals surface area contributed by atoms with Gasteiger partial charge in [-0.25, -0.2) is 0 Å². The number of nitrogens with one attached hydrogen (secondary N) is 1. The number of unbranched alkanes of at least 4 members (excludes halogenated alkanes) is 2. The molecule has 3 nitrogen and oxygen atoms in total. The SMILES string of the molecule is CCCCN(CCCC)C(=O)Cc1c(C)[nH]c2ccccc12. The second-order valence-corrected chi connectivity index (χ2v) is 6.04. The predicted octanol–water partition coefficient (Wildman–Crippen LogP) is 4.45. The Morgan fingerprint density at radius 2 is 1.73 bits per heavy atom. The molecule has 0 fully saturated rings. The summed E-state index contributed by atoms with van der Waals surface area (Å²) >= 11 is 0. The summed E-state index contributed by atoms with van der Waals surface area (Å²) in [5.74, 6) is 0.259. The van der Waals surface area contributed by atoms with Gasteiger partial charge < -0.3 is 9.88 Å². The van der Waals surface area contributed by atoms with Crippen molar-refractivity contribution in [1.29, 1.82) is 0 Å². The van der Waals surface area contributed by atoms with Crippen LogP contribution in [0.2, 0.25) is 0 Å². The molecular formula is C19H28N2O. The van der Waals surface area contributed by atoms with Gasteiger partial charge in [-0.1, -0.05) is 44.9 Å². The van der Waals surface area contributed by atoms with E-state index < -0.39 is 0 Å². The zero-order chi connectivity index (χ0) is 15.9. The van der Waals surface area contributed by atoms with Crippen LogP contribution in [-0.2, 0) is 11.2 Å². The molecule has 2 aromatic rings. The number of H-pyrrole nitrogens is 1. The van der Waals surface area contributed by atoms with Crippen molar-refractivity contribution < 1.29 is 4.79 Å². The third-order valence-electron chi connectivity index (χ3n) is 4.27. The standard InChI is InChI=1S/C19H28N2O/c1-4-6-12-21(13-7-5-2)19(22)14-17-15(3)20-18-11-9-8-10-16(17)18/h8-11,20H,4-7,12-14H2,1-3H3. The zero-order valence-corrected chi connectivity index (χ0v) is 14.1. The van der Waals surface area contributed by atoms with E-state index in [4.69, 9.17) is 0 Å². The minimum Gasteiger partial charge on any atom is -0.358 e. The summed E-state index contributed by atoms with van der Waals surface area (Å²) in [6, 6.07) is 8.24. The Kier molecular flexibility index (Phi) is 6.05. The van der Waals surface area contributed by atoms with E-state index in [1.807, 2.05) is 17.0 Å². The Labute approximate surface area is 133 Å². The van der Waals surface area contributed by atoms with Crippen molar-refractivity contribution in [2.24, 2.45) is 0 Å². The van der Waals surface area contributed by atoms with Gasteiger partial charge in [0.15, 0.2) is 0 Å². The smallest absolute Gasteiger partial charge is 0.227 e. The number of hydrogen-bond donors (Lipinski definition) is 1. The van der Waals surface area contributed by atoms with E-state index in [0.29, 0.717) is 6.42 Å². The summed E-state index contributed by atoms with van der Waals surface area (Å²) < 4.78 is 0. The van der Waals surface area contributed by atoms with Gasteiger partial charge in [-0.15, -0.1) is 0 Å². The second-order valence-electron chi connectivity index (χ2n) is 6.04. The first kappa shape index (κ1) is 16.6. The lowest BCUT2D eigenvalue weighted by atomic mass is 10.1. The van der Waals surface area contributed by atoms with Crippen LogP contribution in [0.15, 0.2) is 24.3 Å². The van der Waals surface area contributed by atoms with Crippen LogP contribution in [0.1, 0.15) is 50.8 Å². The number of aryl methyl sites for hydroxylation is 1. The van der Waals surface area contributed by atoms with Gasteiger partial charge in [0.1, 0.15) is 0 Å². The number of carbonyl (C=O) groups is 1. The summed E-state index contributed by atoms with van der Waals surface area (Å²) in [5, 5.41) is 1.18. The van der Waals surface area contributed by atoms with Crippen LogP contribution in [0.3, 0.4) is 0 Å². The molecule has 0 aliphatic heterocycles. The summed E-state index contributed by atoms with van der Waals surface area (Å²) in [4.78, 5) is 18.2. The molecule has 1 aromatic carbocycles. The summed E-state index contributed by atoms with van der Waals surface area (Å²) in [7, 11) is 0. The van der Waals surface area contributed by atoms with Crippen LogP contribution in [0.25, 0.3) is 10.9 Å². The fourth-order valence-electron chi connectivity index (χ4n) is 2.88. The molecule has 1 N–H and O–H groups in total. The Hall–Kier alpha value is -1.77. The highest BCUT2D eigenvalue weighted by Gasteiger charge is 2.17. The van der Waals surface area contributed by atoms with Crippen LogP contribution in [-0.4, -0.2) is 28.9 Å². The number of carbonyl (C=O) groups excluding carboxylic acids is 1. The first-order valence-electron chi connectivity index (χ1n) is 8.51. The first-order valence-corrected chi connectivity index (χ1v) is 8.51. The third kappa shape index (κ3) is 3.90. The number of nitrogens with zero attached hydrogens (tertiary/aromatic N) is 1. The van der Waals surface area contributed by atoms with Crippen molar-refractivity contribution >= 4 is 16.8 Å². The van der Waals surface area contributed by atoms with E-state index in [9.17, 15) is 4.79 Å². The molecule has 0 spiro atoms. The third-order valence-corrected chi connectivity index (χ3v) is 4.27. The number of para-hydroxylation sites is 1. The van der Waals surface area contributed by atoms with Gasteiger partial charge in [0, 0.05) is 29.7 Å². The zero-order valence-electron chi connectivity index (χ0n) is 14.1. The first-order chi connectivity index (χ1) is 10.7. The average molecular weight is 300 g/mol. The summed E-state index contributed by atoms with van der Waals surface area (Å²) in [6.07, 6.45) is 4.93. The number of amides is 1. The van der Waals surface area contributed by atoms with E-state index in [2.05, 4.69) is 37.9 Å². The molecule has 0 saturated carbocycles. The number of aromatic amines is 1. The fraction of sp³-hybridized carbons (Fsp3) is 0.526. The molecule has 3 heteroatoms. The van der Waals surface area contributed by atoms with Gasteiger partial charge in [0.2, 0.25) is 5.91 Å². The highest BCUT2D eigenvalue weighted by molar-refractivity contribution is 5.90. The number of benzene rings is 1. The van der Waals surface area contributed by atoms with E-state index in [1.54, 1.807) is 0 Å². The molecule has 22 heavy (non-hydrogen) atoms. The Balaban J connectivity index is 2.14. The highest BCUT2D eigenvalue weighted by atomic mass is 16.2. The van der Waals surface area contributed by atoms with Crippen molar-refractivity contribution in [3.8, 4) is 0 Å². The predicted molar refractivity (Wildman–Crippen MR) is 93.1 cm³/mol. The van der Waals surface area contributed by atoms with E-state index in [-0.39, 0.29) is 5.91 Å². The molecule has 0 bridgehead atoms. The minimum atomic E-state index is 0.259. The Bertz CT molecular complexity index is 607. The van der Waals surface area contributed by atoms with Gasteiger partial charge in [-0.05, 0) is 31.4 Å². The normalized spacial score (nSPS) is 11.0. The molecule has 1 aromatic heterocycles. The maximum absolute atomic E-state index is 12.7. The van der Waals surface area contributed by atoms with Crippen LogP contribution in [0, 0.1) is 6.92 Å². The quantitative estimate of drug-likeness (QED) is 0.768. The molecule has 120 valence electrons. The van der Waals surface area contributed by atoms with Crippen molar-refractivity contribution in [2.45, 2.75) is 52.9 Å². The van der Waals surface area contributed by atoms with Gasteiger partial charge in [0.25, 0.3) is 0 Å². The molecular weight excluding hydrogens is 272 g/mol. The van der Waals surface area contributed by atoms with Gasteiger partial charge in [-0.2, -0.15) is 0 Å². The van der Waals surface area contributed by atoms with E-state index >= 15 is 0 Å². The van der Waals surface area contributed by atoms with Crippen LogP contribution in [0.4, 0.5) is 0 Å². The molecule has 0 unspecified atom stereocenters. The monoisotopic (exact) mass is 300 g/mol. The summed E-state index contributed by atoms with van der Waals surface area (Å²) in [6.45, 7) is 8.18. The van der Waals surface area contributed by atoms with Gasteiger partial charge in [0.05, 0.1) is 6.42 Å². The summed E-state index contributed by atoms with van der Waals surface area (Å²) in [5.41, 5.74) is 3.38. The van der Waals surface area contributed by atoms with Crippen molar-refractivity contribution in [2.75, 3.05) is 13.1 Å². The molecule has 0 saturated heterocycles. The second kappa shape index (κ2) is 8.02. The lowest BCUT2D eigenvalue weighted by Crippen LogP contribution is -2.34. The fourth-order valence-corrected chi connectivity index (χ4v) is 2.88. The van der Waals surface area contributed by atoms with Gasteiger partial charge >= 0.3 is 0 Å². The number of hydrogen-bond acceptors (Lipinski definition) is 1. The molecule has 2 rings (SSSR count). The maximum Gasteiger partial charge on any atom is 0.227 e. The average Bonchev–Trinajstić information content (AvgIpc) is 2.83. The van der Waals surface area contributed by atoms with E-state index in [0.717, 1.165) is 55.5 Å². The van der Waals surface area contributed by atoms with E-state index in [1.165, 1.54) is 5.39 Å². The van der Waals surface area contributed by atoms with Crippen LogP contribution in [0.5, 0.6) is 0 Å².